The van der Waals surface area contributed by atoms with E-state index >= 15 is 0 Å². The zero-order chi connectivity index (χ0) is 24.9. The summed E-state index contributed by atoms with van der Waals surface area (Å²) in [5.41, 5.74) is -0.0719. The standard InChI is InChI=1S/C25H32F6N2O/c1-16(2)23(9-7-21(13-23)32-10-3-4-20(15-32)25(29,30)31)22(34)33-11-8-17-5-6-19(24(26,27)28)12-18(17)14-33/h5-6,12,16,20-21H,3-4,7-11,13-15H2,1-2H3/t20?,21-,23+/m1/s1. The summed E-state index contributed by atoms with van der Waals surface area (Å²) >= 11 is 0. The van der Waals surface area contributed by atoms with Crippen molar-refractivity contribution >= 4 is 5.91 Å². The van der Waals surface area contributed by atoms with Crippen molar-refractivity contribution in [2.75, 3.05) is 19.6 Å². The van der Waals surface area contributed by atoms with E-state index in [1.165, 1.54) is 6.07 Å². The minimum atomic E-state index is -4.44. The van der Waals surface area contributed by atoms with Gasteiger partial charge in [-0.2, -0.15) is 26.3 Å². The van der Waals surface area contributed by atoms with Gasteiger partial charge in [0.25, 0.3) is 0 Å². The second-order valence-electron chi connectivity index (χ2n) is 10.5. The molecule has 1 aromatic rings. The van der Waals surface area contributed by atoms with Crippen LogP contribution in [0.3, 0.4) is 0 Å². The van der Waals surface area contributed by atoms with Gasteiger partial charge in [-0.1, -0.05) is 19.9 Å². The lowest BCUT2D eigenvalue weighted by Crippen LogP contribution is -2.49. The number of hydrogen-bond donors (Lipinski definition) is 0. The van der Waals surface area contributed by atoms with Crippen molar-refractivity contribution in [1.82, 2.24) is 9.80 Å². The van der Waals surface area contributed by atoms with Crippen LogP contribution in [0.25, 0.3) is 0 Å². The third kappa shape index (κ3) is 4.82. The van der Waals surface area contributed by atoms with Gasteiger partial charge in [-0.15, -0.1) is 0 Å². The molecule has 2 fully saturated rings. The van der Waals surface area contributed by atoms with E-state index in [0.29, 0.717) is 50.8 Å². The third-order valence-corrected chi connectivity index (χ3v) is 8.32. The maximum atomic E-state index is 13.8. The lowest BCUT2D eigenvalue weighted by Gasteiger charge is -2.41. The fraction of sp³-hybridized carbons (Fsp3) is 0.720. The molecule has 0 bridgehead atoms. The van der Waals surface area contributed by atoms with Crippen LogP contribution in [0.15, 0.2) is 18.2 Å². The second kappa shape index (κ2) is 9.03. The van der Waals surface area contributed by atoms with Crippen LogP contribution in [0.5, 0.6) is 0 Å². The van der Waals surface area contributed by atoms with Gasteiger partial charge in [0.15, 0.2) is 0 Å². The molecule has 1 saturated carbocycles. The Morgan fingerprint density at radius 2 is 1.79 bits per heavy atom. The first-order valence-corrected chi connectivity index (χ1v) is 12.1. The van der Waals surface area contributed by atoms with E-state index in [2.05, 4.69) is 0 Å². The van der Waals surface area contributed by atoms with Gasteiger partial charge in [-0.25, -0.2) is 0 Å². The topological polar surface area (TPSA) is 23.6 Å². The Labute approximate surface area is 196 Å². The first-order chi connectivity index (χ1) is 15.8. The molecule has 1 saturated heterocycles. The number of benzene rings is 1. The lowest BCUT2D eigenvalue weighted by molar-refractivity contribution is -0.188. The molecule has 1 aromatic carbocycles. The fourth-order valence-corrected chi connectivity index (χ4v) is 6.15. The monoisotopic (exact) mass is 490 g/mol. The molecule has 2 aliphatic heterocycles. The van der Waals surface area contributed by atoms with Crippen molar-refractivity contribution in [3.8, 4) is 0 Å². The van der Waals surface area contributed by atoms with E-state index in [4.69, 9.17) is 0 Å². The normalized spacial score (nSPS) is 28.9. The molecule has 1 amide bonds. The molecule has 4 rings (SSSR count). The number of piperidine rings is 1. The molecule has 3 aliphatic rings. The van der Waals surface area contributed by atoms with Crippen LogP contribution in [0.4, 0.5) is 26.3 Å². The molecule has 34 heavy (non-hydrogen) atoms. The molecular weight excluding hydrogens is 458 g/mol. The molecule has 190 valence electrons. The number of amides is 1. The van der Waals surface area contributed by atoms with Crippen molar-refractivity contribution in [3.05, 3.63) is 34.9 Å². The molecule has 1 aliphatic carbocycles. The Bertz CT molecular complexity index is 912. The summed E-state index contributed by atoms with van der Waals surface area (Å²) in [6.45, 7) is 5.10. The highest BCUT2D eigenvalue weighted by Gasteiger charge is 2.52. The smallest absolute Gasteiger partial charge is 0.338 e. The molecule has 3 nitrogen and oxygen atoms in total. The summed E-state index contributed by atoms with van der Waals surface area (Å²) in [6, 6.07) is 3.64. The van der Waals surface area contributed by atoms with Gasteiger partial charge in [0, 0.05) is 25.7 Å². The number of carbonyl (C=O) groups is 1. The number of likely N-dealkylation sites (tertiary alicyclic amines) is 1. The second-order valence-corrected chi connectivity index (χ2v) is 10.5. The molecular formula is C25H32F6N2O. The van der Waals surface area contributed by atoms with Crippen LogP contribution in [-0.4, -0.2) is 47.6 Å². The zero-order valence-corrected chi connectivity index (χ0v) is 19.6. The maximum absolute atomic E-state index is 13.8. The van der Waals surface area contributed by atoms with Gasteiger partial charge in [-0.3, -0.25) is 9.69 Å². The molecule has 0 N–H and O–H groups in total. The average Bonchev–Trinajstić information content (AvgIpc) is 3.24. The molecule has 0 aromatic heterocycles. The Kier molecular flexibility index (Phi) is 6.72. The van der Waals surface area contributed by atoms with Crippen LogP contribution in [0.1, 0.15) is 62.6 Å². The first-order valence-electron chi connectivity index (χ1n) is 12.1. The van der Waals surface area contributed by atoms with E-state index in [1.807, 2.05) is 18.7 Å². The number of halogens is 6. The summed E-state index contributed by atoms with van der Waals surface area (Å²) in [7, 11) is 0. The number of hydrogen-bond acceptors (Lipinski definition) is 2. The number of alkyl halides is 6. The highest BCUT2D eigenvalue weighted by molar-refractivity contribution is 5.84. The van der Waals surface area contributed by atoms with Gasteiger partial charge >= 0.3 is 12.4 Å². The van der Waals surface area contributed by atoms with Gasteiger partial charge in [0.1, 0.15) is 0 Å². The number of nitrogens with zero attached hydrogens (tertiary/aromatic N) is 2. The van der Waals surface area contributed by atoms with E-state index in [9.17, 15) is 31.1 Å². The highest BCUT2D eigenvalue weighted by Crippen LogP contribution is 2.49. The first kappa shape index (κ1) is 25.3. The predicted molar refractivity (Wildman–Crippen MR) is 116 cm³/mol. The summed E-state index contributed by atoms with van der Waals surface area (Å²) in [6.07, 6.45) is -5.76. The highest BCUT2D eigenvalue weighted by atomic mass is 19.4. The van der Waals surface area contributed by atoms with Gasteiger partial charge in [0.05, 0.1) is 16.9 Å². The zero-order valence-electron chi connectivity index (χ0n) is 19.6. The predicted octanol–water partition coefficient (Wildman–Crippen LogP) is 6.06. The van der Waals surface area contributed by atoms with Crippen LogP contribution in [0.2, 0.25) is 0 Å². The lowest BCUT2D eigenvalue weighted by atomic mass is 9.73. The quantitative estimate of drug-likeness (QED) is 0.481. The van der Waals surface area contributed by atoms with Crippen LogP contribution >= 0.6 is 0 Å². The SMILES string of the molecule is CC(C)[C@]1(C(=O)N2CCc3ccc(C(F)(F)F)cc3C2)CC[C@@H](N2CCCC(C(F)(F)F)C2)C1. The number of fused-ring (bicyclic) bond motifs is 1. The average molecular weight is 491 g/mol. The van der Waals surface area contributed by atoms with Gasteiger partial charge in [0.2, 0.25) is 5.91 Å². The number of carbonyl (C=O) groups excluding carboxylic acids is 1. The molecule has 2 heterocycles. The summed E-state index contributed by atoms with van der Waals surface area (Å²) in [4.78, 5) is 17.4. The van der Waals surface area contributed by atoms with E-state index < -0.39 is 29.2 Å². The van der Waals surface area contributed by atoms with Gasteiger partial charge < -0.3 is 4.90 Å². The Balaban J connectivity index is 1.50. The van der Waals surface area contributed by atoms with Crippen molar-refractivity contribution in [3.63, 3.8) is 0 Å². The Hall–Kier alpha value is -1.77. The molecule has 1 unspecified atom stereocenters. The van der Waals surface area contributed by atoms with E-state index in [0.717, 1.165) is 17.7 Å². The summed E-state index contributed by atoms with van der Waals surface area (Å²) < 4.78 is 79.5. The summed E-state index contributed by atoms with van der Waals surface area (Å²) in [5, 5.41) is 0. The Morgan fingerprint density at radius 1 is 1.06 bits per heavy atom. The van der Waals surface area contributed by atoms with Crippen LogP contribution in [0, 0.1) is 17.3 Å². The molecule has 0 spiro atoms. The molecule has 9 heteroatoms. The van der Waals surface area contributed by atoms with Crippen molar-refractivity contribution in [1.29, 1.82) is 0 Å². The third-order valence-electron chi connectivity index (χ3n) is 8.32. The van der Waals surface area contributed by atoms with Gasteiger partial charge in [-0.05, 0) is 74.2 Å². The maximum Gasteiger partial charge on any atom is 0.416 e. The number of rotatable bonds is 3. The Morgan fingerprint density at radius 3 is 2.44 bits per heavy atom. The molecule has 0 radical (unpaired) electrons. The summed E-state index contributed by atoms with van der Waals surface area (Å²) in [5.74, 6) is -1.42. The largest absolute Gasteiger partial charge is 0.416 e. The minimum absolute atomic E-state index is 0.0175. The van der Waals surface area contributed by atoms with Crippen LogP contribution < -0.4 is 0 Å². The van der Waals surface area contributed by atoms with Crippen molar-refractivity contribution in [2.45, 2.75) is 77.3 Å². The minimum Gasteiger partial charge on any atom is -0.338 e. The van der Waals surface area contributed by atoms with Crippen LogP contribution in [-0.2, 0) is 23.9 Å². The van der Waals surface area contributed by atoms with E-state index in [-0.39, 0.29) is 37.4 Å². The fourth-order valence-electron chi connectivity index (χ4n) is 6.15. The molecule has 3 atom stereocenters. The van der Waals surface area contributed by atoms with Crippen molar-refractivity contribution in [2.24, 2.45) is 17.3 Å². The van der Waals surface area contributed by atoms with E-state index in [1.54, 1.807) is 4.90 Å². The van der Waals surface area contributed by atoms with Crippen molar-refractivity contribution < 1.29 is 31.1 Å².